The van der Waals surface area contributed by atoms with Crippen molar-refractivity contribution in [2.75, 3.05) is 0 Å². The van der Waals surface area contributed by atoms with Crippen molar-refractivity contribution in [1.82, 2.24) is 9.97 Å². The van der Waals surface area contributed by atoms with Crippen molar-refractivity contribution < 1.29 is 4.39 Å². The SMILES string of the molecule is Cc1nc(-c2c[c]ccc2)ncc1F. The van der Waals surface area contributed by atoms with Gasteiger partial charge in [0, 0.05) is 5.56 Å². The lowest BCUT2D eigenvalue weighted by Crippen LogP contribution is -1.94. The third-order valence-electron chi connectivity index (χ3n) is 1.88. The average molecular weight is 187 g/mol. The summed E-state index contributed by atoms with van der Waals surface area (Å²) in [7, 11) is 0. The molecule has 2 rings (SSSR count). The molecule has 2 aromatic rings. The fourth-order valence-electron chi connectivity index (χ4n) is 1.12. The maximum absolute atomic E-state index is 12.9. The van der Waals surface area contributed by atoms with Gasteiger partial charge in [-0.05, 0) is 19.1 Å². The van der Waals surface area contributed by atoms with Crippen molar-refractivity contribution in [3.63, 3.8) is 0 Å². The van der Waals surface area contributed by atoms with E-state index in [-0.39, 0.29) is 5.82 Å². The van der Waals surface area contributed by atoms with Gasteiger partial charge >= 0.3 is 0 Å². The summed E-state index contributed by atoms with van der Waals surface area (Å²) in [5, 5.41) is 0. The van der Waals surface area contributed by atoms with E-state index < -0.39 is 0 Å². The molecule has 0 spiro atoms. The van der Waals surface area contributed by atoms with E-state index in [1.165, 1.54) is 6.20 Å². The number of halogens is 1. The molecular weight excluding hydrogens is 179 g/mol. The van der Waals surface area contributed by atoms with E-state index in [1.54, 1.807) is 19.1 Å². The van der Waals surface area contributed by atoms with Gasteiger partial charge in [-0.3, -0.25) is 0 Å². The topological polar surface area (TPSA) is 25.8 Å². The highest BCUT2D eigenvalue weighted by molar-refractivity contribution is 5.53. The largest absolute Gasteiger partial charge is 0.233 e. The molecule has 3 heteroatoms. The van der Waals surface area contributed by atoms with Gasteiger partial charge in [-0.1, -0.05) is 18.2 Å². The van der Waals surface area contributed by atoms with E-state index >= 15 is 0 Å². The summed E-state index contributed by atoms with van der Waals surface area (Å²) in [6, 6.07) is 10.2. The Hall–Kier alpha value is -1.77. The van der Waals surface area contributed by atoms with Crippen LogP contribution in [-0.4, -0.2) is 9.97 Å². The summed E-state index contributed by atoms with van der Waals surface area (Å²) in [4.78, 5) is 7.94. The highest BCUT2D eigenvalue weighted by atomic mass is 19.1. The van der Waals surface area contributed by atoms with Gasteiger partial charge in [0.2, 0.25) is 0 Å². The molecule has 0 aliphatic rings. The smallest absolute Gasteiger partial charge is 0.162 e. The minimum absolute atomic E-state index is 0.360. The standard InChI is InChI=1S/C11H8FN2/c1-8-10(12)7-13-11(14-8)9-5-3-2-4-6-9/h2-3,5-7H,1H3. The van der Waals surface area contributed by atoms with Gasteiger partial charge in [-0.25, -0.2) is 14.4 Å². The van der Waals surface area contributed by atoms with Crippen LogP contribution in [0.5, 0.6) is 0 Å². The Kier molecular flexibility index (Phi) is 2.23. The molecule has 14 heavy (non-hydrogen) atoms. The molecule has 0 atom stereocenters. The quantitative estimate of drug-likeness (QED) is 0.685. The molecule has 1 heterocycles. The number of benzene rings is 1. The first-order valence-electron chi connectivity index (χ1n) is 4.23. The molecule has 0 bridgehead atoms. The van der Waals surface area contributed by atoms with Crippen molar-refractivity contribution >= 4 is 0 Å². The molecule has 2 nitrogen and oxygen atoms in total. The monoisotopic (exact) mass is 187 g/mol. The van der Waals surface area contributed by atoms with Crippen molar-refractivity contribution in [1.29, 1.82) is 0 Å². The normalized spacial score (nSPS) is 10.1. The highest BCUT2D eigenvalue weighted by Gasteiger charge is 2.03. The van der Waals surface area contributed by atoms with Gasteiger partial charge in [-0.2, -0.15) is 0 Å². The van der Waals surface area contributed by atoms with E-state index in [9.17, 15) is 4.39 Å². The van der Waals surface area contributed by atoms with Gasteiger partial charge in [0.15, 0.2) is 11.6 Å². The molecule has 0 fully saturated rings. The molecule has 0 saturated carbocycles. The maximum atomic E-state index is 12.9. The van der Waals surface area contributed by atoms with E-state index in [0.717, 1.165) is 5.56 Å². The van der Waals surface area contributed by atoms with Crippen LogP contribution in [0.15, 0.2) is 30.5 Å². The van der Waals surface area contributed by atoms with Crippen molar-refractivity contribution in [3.05, 3.63) is 48.0 Å². The summed E-state index contributed by atoms with van der Waals surface area (Å²) >= 11 is 0. The minimum Gasteiger partial charge on any atom is -0.233 e. The number of hydrogen-bond donors (Lipinski definition) is 0. The first-order valence-corrected chi connectivity index (χ1v) is 4.23. The van der Waals surface area contributed by atoms with Crippen LogP contribution in [0.3, 0.4) is 0 Å². The molecule has 0 aliphatic heterocycles. The Morgan fingerprint density at radius 1 is 1.43 bits per heavy atom. The van der Waals surface area contributed by atoms with Crippen LogP contribution >= 0.6 is 0 Å². The number of aromatic nitrogens is 2. The number of hydrogen-bond acceptors (Lipinski definition) is 2. The third kappa shape index (κ3) is 1.62. The van der Waals surface area contributed by atoms with Gasteiger partial charge in [0.25, 0.3) is 0 Å². The average Bonchev–Trinajstić information content (AvgIpc) is 2.23. The number of nitrogens with zero attached hydrogens (tertiary/aromatic N) is 2. The van der Waals surface area contributed by atoms with Gasteiger partial charge in [0.1, 0.15) is 0 Å². The Morgan fingerprint density at radius 2 is 2.29 bits per heavy atom. The Labute approximate surface area is 81.5 Å². The third-order valence-corrected chi connectivity index (χ3v) is 1.88. The first kappa shape index (κ1) is 8.81. The second-order valence-corrected chi connectivity index (χ2v) is 2.92. The second kappa shape index (κ2) is 3.54. The summed E-state index contributed by atoms with van der Waals surface area (Å²) in [6.45, 7) is 1.62. The molecule has 1 aromatic carbocycles. The van der Waals surface area contributed by atoms with Crippen LogP contribution in [-0.2, 0) is 0 Å². The molecule has 1 aromatic heterocycles. The predicted octanol–water partition coefficient (Wildman–Crippen LogP) is 2.39. The fourth-order valence-corrected chi connectivity index (χ4v) is 1.12. The van der Waals surface area contributed by atoms with E-state index in [1.807, 2.05) is 12.1 Å². The summed E-state index contributed by atoms with van der Waals surface area (Å²) in [5.41, 5.74) is 1.20. The van der Waals surface area contributed by atoms with Crippen LogP contribution in [0, 0.1) is 18.8 Å². The molecule has 1 radical (unpaired) electrons. The van der Waals surface area contributed by atoms with Crippen molar-refractivity contribution in [3.8, 4) is 11.4 Å². The number of rotatable bonds is 1. The Morgan fingerprint density at radius 3 is 2.93 bits per heavy atom. The summed E-state index contributed by atoms with van der Waals surface area (Å²) < 4.78 is 12.9. The van der Waals surface area contributed by atoms with E-state index in [2.05, 4.69) is 16.0 Å². The van der Waals surface area contributed by atoms with Crippen molar-refractivity contribution in [2.45, 2.75) is 6.92 Å². The van der Waals surface area contributed by atoms with Crippen LogP contribution in [0.25, 0.3) is 11.4 Å². The van der Waals surface area contributed by atoms with Gasteiger partial charge in [-0.15, -0.1) is 0 Å². The molecular formula is C11H8FN2. The zero-order valence-corrected chi connectivity index (χ0v) is 7.66. The fraction of sp³-hybridized carbons (Fsp3) is 0.0909. The zero-order chi connectivity index (χ0) is 9.97. The zero-order valence-electron chi connectivity index (χ0n) is 7.66. The second-order valence-electron chi connectivity index (χ2n) is 2.92. The van der Waals surface area contributed by atoms with Gasteiger partial charge in [0.05, 0.1) is 11.9 Å². The van der Waals surface area contributed by atoms with Crippen LogP contribution < -0.4 is 0 Å². The lowest BCUT2D eigenvalue weighted by atomic mass is 10.2. The van der Waals surface area contributed by atoms with Crippen LogP contribution in [0.4, 0.5) is 4.39 Å². The molecule has 69 valence electrons. The maximum Gasteiger partial charge on any atom is 0.162 e. The molecule has 0 amide bonds. The van der Waals surface area contributed by atoms with Crippen molar-refractivity contribution in [2.24, 2.45) is 0 Å². The van der Waals surface area contributed by atoms with Gasteiger partial charge < -0.3 is 0 Å². The molecule has 0 unspecified atom stereocenters. The first-order chi connectivity index (χ1) is 6.77. The molecule has 0 N–H and O–H groups in total. The lowest BCUT2D eigenvalue weighted by molar-refractivity contribution is 0.602. The highest BCUT2D eigenvalue weighted by Crippen LogP contribution is 2.14. The molecule has 0 saturated heterocycles. The lowest BCUT2D eigenvalue weighted by Gasteiger charge is -2.00. The Balaban J connectivity index is 2.48. The molecule has 0 aliphatic carbocycles. The number of aryl methyl sites for hydroxylation is 1. The summed E-state index contributed by atoms with van der Waals surface area (Å²) in [6.07, 6.45) is 1.19. The van der Waals surface area contributed by atoms with Crippen LogP contribution in [0.2, 0.25) is 0 Å². The Bertz CT molecular complexity index is 440. The van der Waals surface area contributed by atoms with E-state index in [0.29, 0.717) is 11.5 Å². The minimum atomic E-state index is -0.381. The van der Waals surface area contributed by atoms with E-state index in [4.69, 9.17) is 0 Å². The predicted molar refractivity (Wildman–Crippen MR) is 51.0 cm³/mol. The van der Waals surface area contributed by atoms with Crippen LogP contribution in [0.1, 0.15) is 5.69 Å². The summed E-state index contributed by atoms with van der Waals surface area (Å²) in [5.74, 6) is 0.148.